The van der Waals surface area contributed by atoms with Crippen LogP contribution in [0.3, 0.4) is 0 Å². The molecular weight excluding hydrogens is 292 g/mol. The molecule has 4 N–H and O–H groups in total. The molecule has 22 heavy (non-hydrogen) atoms. The van der Waals surface area contributed by atoms with Crippen molar-refractivity contribution in [3.63, 3.8) is 0 Å². The van der Waals surface area contributed by atoms with Gasteiger partial charge in [-0.1, -0.05) is 0 Å². The minimum absolute atomic E-state index is 0.0112. The van der Waals surface area contributed by atoms with Gasteiger partial charge < -0.3 is 25.0 Å². The predicted molar refractivity (Wildman–Crippen MR) is 76.5 cm³/mol. The first kappa shape index (κ1) is 13.7. The van der Waals surface area contributed by atoms with Crippen molar-refractivity contribution in [1.82, 2.24) is 15.0 Å². The SMILES string of the molecule is CN(C(=O)O)c1nc2c(NCc3ccoc3)nc(N)nc2o1. The van der Waals surface area contributed by atoms with E-state index in [1.165, 1.54) is 7.05 Å². The van der Waals surface area contributed by atoms with E-state index in [1.54, 1.807) is 18.6 Å². The molecule has 0 fully saturated rings. The highest BCUT2D eigenvalue weighted by atomic mass is 16.4. The molecule has 3 rings (SSSR count). The third-order valence-corrected chi connectivity index (χ3v) is 2.88. The van der Waals surface area contributed by atoms with Crippen LogP contribution >= 0.6 is 0 Å². The van der Waals surface area contributed by atoms with Crippen molar-refractivity contribution in [3.8, 4) is 0 Å². The first-order valence-corrected chi connectivity index (χ1v) is 6.20. The molecule has 0 aliphatic heterocycles. The summed E-state index contributed by atoms with van der Waals surface area (Å²) in [5, 5.41) is 12.0. The van der Waals surface area contributed by atoms with Crippen molar-refractivity contribution in [2.45, 2.75) is 6.54 Å². The lowest BCUT2D eigenvalue weighted by molar-refractivity contribution is 0.202. The Labute approximate surface area is 123 Å². The van der Waals surface area contributed by atoms with Gasteiger partial charge in [-0.2, -0.15) is 15.0 Å². The lowest BCUT2D eigenvalue weighted by Crippen LogP contribution is -2.23. The van der Waals surface area contributed by atoms with Gasteiger partial charge in [0.2, 0.25) is 5.95 Å². The molecule has 3 aromatic heterocycles. The fraction of sp³-hybridized carbons (Fsp3) is 0.167. The molecule has 0 radical (unpaired) electrons. The van der Waals surface area contributed by atoms with Gasteiger partial charge in [0.05, 0.1) is 12.5 Å². The molecule has 3 aromatic rings. The second kappa shape index (κ2) is 5.24. The number of nitrogens with one attached hydrogen (secondary N) is 1. The first-order chi connectivity index (χ1) is 10.5. The standard InChI is InChI=1S/C12H12N6O4/c1-18(12(19)20)11-15-7-8(14-4-6-2-3-21-5-6)16-10(13)17-9(7)22-11/h2-3,5H,4H2,1H3,(H,19,20)(H3,13,14,16,17). The smallest absolute Gasteiger partial charge is 0.415 e. The molecule has 0 spiro atoms. The second-order valence-corrected chi connectivity index (χ2v) is 4.41. The number of rotatable bonds is 4. The molecule has 3 heterocycles. The van der Waals surface area contributed by atoms with Crippen molar-refractivity contribution in [3.05, 3.63) is 24.2 Å². The van der Waals surface area contributed by atoms with Crippen LogP contribution in [0.25, 0.3) is 11.2 Å². The quantitative estimate of drug-likeness (QED) is 0.653. The zero-order valence-corrected chi connectivity index (χ0v) is 11.5. The number of nitrogen functional groups attached to an aromatic ring is 1. The second-order valence-electron chi connectivity index (χ2n) is 4.41. The Morgan fingerprint density at radius 1 is 1.45 bits per heavy atom. The van der Waals surface area contributed by atoms with Crippen LogP contribution in [-0.4, -0.2) is 33.2 Å². The molecule has 10 nitrogen and oxygen atoms in total. The maximum absolute atomic E-state index is 10.9. The summed E-state index contributed by atoms with van der Waals surface area (Å²) in [5.74, 6) is 0.334. The molecular formula is C12H12N6O4. The number of hydrogen-bond acceptors (Lipinski definition) is 8. The van der Waals surface area contributed by atoms with Crippen LogP contribution in [0.1, 0.15) is 5.56 Å². The summed E-state index contributed by atoms with van der Waals surface area (Å²) in [5.41, 5.74) is 6.91. The largest absolute Gasteiger partial charge is 0.472 e. The molecule has 1 amide bonds. The topological polar surface area (TPSA) is 144 Å². The van der Waals surface area contributed by atoms with Gasteiger partial charge in [-0.05, 0) is 6.07 Å². The van der Waals surface area contributed by atoms with E-state index in [4.69, 9.17) is 19.7 Å². The first-order valence-electron chi connectivity index (χ1n) is 6.20. The number of hydrogen-bond donors (Lipinski definition) is 3. The van der Waals surface area contributed by atoms with Crippen molar-refractivity contribution >= 4 is 35.1 Å². The lowest BCUT2D eigenvalue weighted by Gasteiger charge is -2.05. The Kier molecular flexibility index (Phi) is 3.26. The Hall–Kier alpha value is -3.30. The fourth-order valence-electron chi connectivity index (χ4n) is 1.76. The summed E-state index contributed by atoms with van der Waals surface area (Å²) in [7, 11) is 1.31. The van der Waals surface area contributed by atoms with Crippen LogP contribution in [0.4, 0.5) is 22.6 Å². The fourth-order valence-corrected chi connectivity index (χ4v) is 1.76. The molecule has 114 valence electrons. The average Bonchev–Trinajstić information content (AvgIpc) is 3.12. The number of anilines is 3. The molecule has 0 aliphatic rings. The number of nitrogens with two attached hydrogens (primary N) is 1. The predicted octanol–water partition coefficient (Wildman–Crippen LogP) is 1.52. The minimum atomic E-state index is -1.21. The highest BCUT2D eigenvalue weighted by Crippen LogP contribution is 2.26. The van der Waals surface area contributed by atoms with E-state index >= 15 is 0 Å². The molecule has 0 unspecified atom stereocenters. The summed E-state index contributed by atoms with van der Waals surface area (Å²) in [6.45, 7) is 0.430. The van der Waals surface area contributed by atoms with E-state index < -0.39 is 6.09 Å². The summed E-state index contributed by atoms with van der Waals surface area (Å²) in [6, 6.07) is 1.68. The Bertz CT molecular complexity index is 813. The van der Waals surface area contributed by atoms with Crippen LogP contribution in [0.2, 0.25) is 0 Å². The number of carbonyl (C=O) groups is 1. The normalized spacial score (nSPS) is 10.8. The Morgan fingerprint density at radius 3 is 2.95 bits per heavy atom. The summed E-state index contributed by atoms with van der Waals surface area (Å²) < 4.78 is 10.3. The van der Waals surface area contributed by atoms with Crippen molar-refractivity contribution in [2.75, 3.05) is 23.0 Å². The highest BCUT2D eigenvalue weighted by molar-refractivity contribution is 5.88. The number of amides is 1. The van der Waals surface area contributed by atoms with E-state index in [-0.39, 0.29) is 17.7 Å². The van der Waals surface area contributed by atoms with Crippen LogP contribution in [-0.2, 0) is 6.54 Å². The van der Waals surface area contributed by atoms with Gasteiger partial charge in [0, 0.05) is 19.2 Å². The van der Waals surface area contributed by atoms with Crippen LogP contribution in [0.5, 0.6) is 0 Å². The number of carboxylic acid groups (broad SMARTS) is 1. The van der Waals surface area contributed by atoms with Crippen molar-refractivity contribution in [1.29, 1.82) is 0 Å². The highest BCUT2D eigenvalue weighted by Gasteiger charge is 2.19. The number of aromatic nitrogens is 3. The van der Waals surface area contributed by atoms with Gasteiger partial charge in [-0.15, -0.1) is 0 Å². The van der Waals surface area contributed by atoms with E-state index in [1.807, 2.05) is 0 Å². The number of oxazole rings is 1. The molecule has 0 bridgehead atoms. The zero-order valence-electron chi connectivity index (χ0n) is 11.5. The van der Waals surface area contributed by atoms with E-state index in [0.717, 1.165) is 10.5 Å². The average molecular weight is 304 g/mol. The maximum Gasteiger partial charge on any atom is 0.415 e. The molecule has 0 aliphatic carbocycles. The molecule has 0 saturated carbocycles. The Balaban J connectivity index is 1.96. The maximum atomic E-state index is 10.9. The summed E-state index contributed by atoms with van der Waals surface area (Å²) >= 11 is 0. The van der Waals surface area contributed by atoms with Crippen LogP contribution < -0.4 is 16.0 Å². The molecule has 0 aromatic carbocycles. The lowest BCUT2D eigenvalue weighted by atomic mass is 10.3. The van der Waals surface area contributed by atoms with Crippen LogP contribution in [0, 0.1) is 0 Å². The third kappa shape index (κ3) is 2.49. The third-order valence-electron chi connectivity index (χ3n) is 2.88. The molecule has 10 heteroatoms. The summed E-state index contributed by atoms with van der Waals surface area (Å²) in [4.78, 5) is 23.8. The van der Waals surface area contributed by atoms with E-state index in [0.29, 0.717) is 17.9 Å². The number of nitrogens with zero attached hydrogens (tertiary/aromatic N) is 4. The van der Waals surface area contributed by atoms with Gasteiger partial charge in [0.1, 0.15) is 0 Å². The zero-order chi connectivity index (χ0) is 15.7. The van der Waals surface area contributed by atoms with Crippen LogP contribution in [0.15, 0.2) is 27.4 Å². The van der Waals surface area contributed by atoms with Crippen molar-refractivity contribution in [2.24, 2.45) is 0 Å². The number of furan rings is 1. The van der Waals surface area contributed by atoms with Gasteiger partial charge in [0.15, 0.2) is 11.3 Å². The van der Waals surface area contributed by atoms with E-state index in [2.05, 4.69) is 20.3 Å². The van der Waals surface area contributed by atoms with Crippen molar-refractivity contribution < 1.29 is 18.7 Å². The molecule has 0 saturated heterocycles. The Morgan fingerprint density at radius 2 is 2.27 bits per heavy atom. The minimum Gasteiger partial charge on any atom is -0.472 e. The van der Waals surface area contributed by atoms with Gasteiger partial charge in [-0.25, -0.2) is 9.69 Å². The monoisotopic (exact) mass is 304 g/mol. The summed E-state index contributed by atoms with van der Waals surface area (Å²) in [6.07, 6.45) is 1.93. The van der Waals surface area contributed by atoms with Gasteiger partial charge >= 0.3 is 12.1 Å². The van der Waals surface area contributed by atoms with E-state index in [9.17, 15) is 4.79 Å². The number of fused-ring (bicyclic) bond motifs is 1. The molecule has 0 atom stereocenters. The van der Waals surface area contributed by atoms with Gasteiger partial charge in [-0.3, -0.25) is 0 Å². The van der Waals surface area contributed by atoms with Gasteiger partial charge in [0.25, 0.3) is 5.71 Å².